The average molecular weight is 1850 g/mol. The summed E-state index contributed by atoms with van der Waals surface area (Å²) in [5.74, 6) is 2.44. The highest BCUT2D eigenvalue weighted by molar-refractivity contribution is 5.84. The third-order valence-corrected chi connectivity index (χ3v) is 33.3. The SMILES string of the molecule is Cc1c[n+](C)c(-c2ccccc2C)cc1-c1cc(C)c2c(c1)C1c3ccccc3C2c2ccccc21.Cc1c[n+](C)c(-c2ccccc2C)cc1-c1ccc2c(c1)C1c3ccccc3C2c2ccccc21.Cc1cc2c(cc1-c1cc(-c3ccccc3C)[n+](C)cc1C)C1c3ccccc3C2c2ccccc21.Cc1ccc2c(c1)C1c3ccccc3C2c2cc(-c3cc(-c4ccccc4C)[n+](C)cn3)c(C)cc21. The molecule has 12 aliphatic rings. The molecule has 20 aromatic rings. The maximum absolute atomic E-state index is 4.90. The second-order valence-electron chi connectivity index (χ2n) is 41.9. The Morgan fingerprint density at radius 2 is 0.434 bits per heavy atom. The number of hydrogen-bond acceptors (Lipinski definition) is 1. The van der Waals surface area contributed by atoms with Crippen LogP contribution in [-0.2, 0) is 28.2 Å². The van der Waals surface area contributed by atoms with Crippen LogP contribution in [0.1, 0.15) is 242 Å². The molecular formula is C138H117N5+4. The second kappa shape index (κ2) is 34.8. The fraction of sp³-hybridized carbons (Fsp3) is 0.167. The molecule has 16 aromatic carbocycles. The van der Waals surface area contributed by atoms with Crippen LogP contribution in [0.4, 0.5) is 0 Å². The standard InChI is InChI=1S/2C35H30N.C34H29N2.C34H28N/c1-21-11-5-6-12-25(21)32-19-30(23(3)20-36(32)4)24-17-22(2)33-31(18-24)34-26-13-7-9-15-28(26)35(33)29-16-10-8-14-27(29)34;1-21-11-5-6-12-24(21)33-19-30(23(3)20-36(33)4)29-18-32-31(17-22(29)2)34-25-13-7-9-15-27(25)35(32)28-16-10-8-14-26(28)34;1-20-13-14-26-28(15-20)34-25-12-8-7-11-24(25)33(26)30-17-27(22(3)16-29(30)34)31-18-32(36(4)19-35-31)23-10-6-5-9-21(23)2;1-21-10-4-5-11-24(21)32-19-30(22(2)20-35(32)3)23-16-17-29-31(18-23)34-27-14-8-6-12-25(27)33(29)26-13-7-9-15-28(26)34/h2*5-20,34-35H,1-4H3;5-19,33-34H,1-4H3;4-20,33-34H,1-3H3/q4*+1. The van der Waals surface area contributed by atoms with E-state index in [0.717, 1.165) is 5.69 Å². The van der Waals surface area contributed by atoms with Gasteiger partial charge in [-0.05, 0) is 329 Å². The summed E-state index contributed by atoms with van der Waals surface area (Å²) in [7, 11) is 8.54. The maximum Gasteiger partial charge on any atom is 0.287 e. The average Bonchev–Trinajstić information content (AvgIpc) is 0.712. The highest BCUT2D eigenvalue weighted by Gasteiger charge is 2.47. The first-order chi connectivity index (χ1) is 69.7. The van der Waals surface area contributed by atoms with E-state index in [4.69, 9.17) is 4.98 Å². The minimum atomic E-state index is 0.270. The van der Waals surface area contributed by atoms with Crippen molar-refractivity contribution < 1.29 is 18.3 Å². The lowest BCUT2D eigenvalue weighted by atomic mass is 9.60. The van der Waals surface area contributed by atoms with Crippen LogP contribution in [0, 0.1) is 76.2 Å². The van der Waals surface area contributed by atoms with Gasteiger partial charge < -0.3 is 0 Å². The smallest absolute Gasteiger partial charge is 0.232 e. The summed E-state index contributed by atoms with van der Waals surface area (Å²) in [6.45, 7) is 24.5. The molecule has 8 bridgehead atoms. The van der Waals surface area contributed by atoms with Gasteiger partial charge in [0.2, 0.25) is 17.1 Å². The topological polar surface area (TPSA) is 28.4 Å². The van der Waals surface area contributed by atoms with Crippen LogP contribution in [-0.4, -0.2) is 4.98 Å². The third kappa shape index (κ3) is 14.3. The number of rotatable bonds is 8. The van der Waals surface area contributed by atoms with E-state index in [1.165, 1.54) is 279 Å². The normalized spacial score (nSPS) is 16.9. The summed E-state index contributed by atoms with van der Waals surface area (Å²) in [5, 5.41) is 0. The van der Waals surface area contributed by atoms with Crippen molar-refractivity contribution in [2.24, 2.45) is 28.2 Å². The lowest BCUT2D eigenvalue weighted by molar-refractivity contribution is -0.663. The molecule has 0 fully saturated rings. The van der Waals surface area contributed by atoms with Crippen LogP contribution < -0.4 is 18.3 Å². The lowest BCUT2D eigenvalue weighted by Gasteiger charge is -2.43. The van der Waals surface area contributed by atoms with Gasteiger partial charge in [0.25, 0.3) is 6.33 Å². The number of hydrogen-bond donors (Lipinski definition) is 0. The number of aryl methyl sites for hydroxylation is 15. The van der Waals surface area contributed by atoms with Crippen molar-refractivity contribution in [1.29, 1.82) is 0 Å². The van der Waals surface area contributed by atoms with Crippen molar-refractivity contribution in [1.82, 2.24) is 4.98 Å². The number of pyridine rings is 3. The zero-order valence-electron chi connectivity index (χ0n) is 84.3. The zero-order valence-corrected chi connectivity index (χ0v) is 84.3. The number of benzene rings is 16. The van der Waals surface area contributed by atoms with Crippen LogP contribution >= 0.6 is 0 Å². The molecule has 4 heterocycles. The van der Waals surface area contributed by atoms with E-state index in [1.807, 2.05) is 6.33 Å². The Hall–Kier alpha value is -16.0. The van der Waals surface area contributed by atoms with Crippen molar-refractivity contribution >= 4 is 0 Å². The molecule has 0 saturated carbocycles. The van der Waals surface area contributed by atoms with Gasteiger partial charge in [0.1, 0.15) is 26.8 Å². The van der Waals surface area contributed by atoms with Gasteiger partial charge >= 0.3 is 0 Å². The summed E-state index contributed by atoms with van der Waals surface area (Å²) in [6.07, 6.45) is 8.79. The molecule has 5 heteroatoms. The molecule has 690 valence electrons. The van der Waals surface area contributed by atoms with Gasteiger partial charge in [-0.25, -0.2) is 18.3 Å². The van der Waals surface area contributed by atoms with Gasteiger partial charge in [-0.1, -0.05) is 303 Å². The van der Waals surface area contributed by atoms with Crippen molar-refractivity contribution in [2.45, 2.75) is 124 Å². The van der Waals surface area contributed by atoms with Gasteiger partial charge in [0.05, 0.1) is 7.05 Å². The lowest BCUT2D eigenvalue weighted by Crippen LogP contribution is -2.31. The first-order valence-electron chi connectivity index (χ1n) is 51.1. The first kappa shape index (κ1) is 88.5. The van der Waals surface area contributed by atoms with Gasteiger partial charge in [-0.2, -0.15) is 0 Å². The predicted molar refractivity (Wildman–Crippen MR) is 583 cm³/mol. The Balaban J connectivity index is 0.000000100. The van der Waals surface area contributed by atoms with Crippen molar-refractivity contribution in [3.05, 3.63) is 584 Å². The maximum atomic E-state index is 4.90. The minimum absolute atomic E-state index is 0.270. The Kier molecular flexibility index (Phi) is 21.5. The number of aromatic nitrogens is 5. The van der Waals surface area contributed by atoms with Crippen LogP contribution in [0.5, 0.6) is 0 Å². The van der Waals surface area contributed by atoms with Crippen molar-refractivity contribution in [2.75, 3.05) is 0 Å². The van der Waals surface area contributed by atoms with Gasteiger partial charge in [-0.15, -0.1) is 0 Å². The molecule has 143 heavy (non-hydrogen) atoms. The highest BCUT2D eigenvalue weighted by atomic mass is 15.0. The zero-order chi connectivity index (χ0) is 97.3. The first-order valence-corrected chi connectivity index (χ1v) is 51.1. The summed E-state index contributed by atoms with van der Waals surface area (Å²) in [4.78, 5) is 4.90. The molecule has 2 unspecified atom stereocenters. The van der Waals surface area contributed by atoms with Crippen LogP contribution in [0.3, 0.4) is 0 Å². The van der Waals surface area contributed by atoms with Crippen LogP contribution in [0.2, 0.25) is 0 Å². The van der Waals surface area contributed by atoms with E-state index in [9.17, 15) is 0 Å². The van der Waals surface area contributed by atoms with E-state index < -0.39 is 0 Å². The molecule has 0 saturated heterocycles. The molecule has 0 spiro atoms. The van der Waals surface area contributed by atoms with E-state index in [-0.39, 0.29) is 5.92 Å². The Bertz CT molecular complexity index is 8590. The van der Waals surface area contributed by atoms with E-state index in [2.05, 4.69) is 505 Å². The number of nitrogens with zero attached hydrogens (tertiary/aromatic N) is 5. The molecule has 5 nitrogen and oxygen atoms in total. The van der Waals surface area contributed by atoms with E-state index in [1.54, 1.807) is 0 Å². The molecule has 2 atom stereocenters. The van der Waals surface area contributed by atoms with Gasteiger partial charge in [-0.3, -0.25) is 0 Å². The quantitative estimate of drug-likeness (QED) is 0.139. The Morgan fingerprint density at radius 3 is 0.825 bits per heavy atom. The molecule has 0 amide bonds. The van der Waals surface area contributed by atoms with Gasteiger partial charge in [0.15, 0.2) is 24.3 Å². The van der Waals surface area contributed by atoms with E-state index >= 15 is 0 Å². The molecule has 0 aliphatic heterocycles. The summed E-state index contributed by atoms with van der Waals surface area (Å²) in [5.41, 5.74) is 70.0. The van der Waals surface area contributed by atoms with Crippen molar-refractivity contribution in [3.8, 4) is 89.7 Å². The molecule has 32 rings (SSSR count). The summed E-state index contributed by atoms with van der Waals surface area (Å²) in [6, 6.07) is 137. The van der Waals surface area contributed by atoms with Crippen LogP contribution in [0.25, 0.3) is 89.7 Å². The molecule has 0 radical (unpaired) electrons. The second-order valence-corrected chi connectivity index (χ2v) is 41.9. The monoisotopic (exact) mass is 1840 g/mol. The van der Waals surface area contributed by atoms with Gasteiger partial charge in [0, 0.05) is 116 Å². The highest BCUT2D eigenvalue weighted by Crippen LogP contribution is 2.62. The molecular weight excluding hydrogens is 1730 g/mol. The van der Waals surface area contributed by atoms with Crippen molar-refractivity contribution in [3.63, 3.8) is 0 Å². The summed E-state index contributed by atoms with van der Waals surface area (Å²) < 4.78 is 8.91. The molecule has 12 aliphatic carbocycles. The largest absolute Gasteiger partial charge is 0.287 e. The summed E-state index contributed by atoms with van der Waals surface area (Å²) >= 11 is 0. The van der Waals surface area contributed by atoms with Crippen LogP contribution in [0.15, 0.2) is 389 Å². The Morgan fingerprint density at radius 1 is 0.168 bits per heavy atom. The Labute approximate surface area is 842 Å². The molecule has 0 N–H and O–H groups in total. The van der Waals surface area contributed by atoms with E-state index in [0.29, 0.717) is 41.4 Å². The minimum Gasteiger partial charge on any atom is -0.232 e. The fourth-order valence-corrected chi connectivity index (χ4v) is 26.8. The molecule has 4 aromatic heterocycles. The fourth-order valence-electron chi connectivity index (χ4n) is 26.8. The predicted octanol–water partition coefficient (Wildman–Crippen LogP) is 30.1. The third-order valence-electron chi connectivity index (χ3n) is 33.3.